The maximum absolute atomic E-state index is 13.1. The molecule has 10 rings (SSSR count). The number of rotatable bonds is 16. The summed E-state index contributed by atoms with van der Waals surface area (Å²) in [5.41, 5.74) is 13.8. The van der Waals surface area contributed by atoms with Crippen LogP contribution in [0.3, 0.4) is 0 Å². The molecule has 6 aromatic carbocycles. The third-order valence-corrected chi connectivity index (χ3v) is 17.6. The lowest BCUT2D eigenvalue weighted by Crippen LogP contribution is -2.49. The van der Waals surface area contributed by atoms with Crippen LogP contribution in [0.2, 0.25) is 0 Å². The maximum atomic E-state index is 13.1. The van der Waals surface area contributed by atoms with Gasteiger partial charge < -0.3 is 29.8 Å². The highest BCUT2D eigenvalue weighted by molar-refractivity contribution is 5.95. The third-order valence-electron chi connectivity index (χ3n) is 17.6. The van der Waals surface area contributed by atoms with E-state index in [1.54, 1.807) is 0 Å². The average Bonchev–Trinajstić information content (AvgIpc) is 3.45. The lowest BCUT2D eigenvalue weighted by Gasteiger charge is -2.37. The molecule has 4 saturated heterocycles. The summed E-state index contributed by atoms with van der Waals surface area (Å²) in [5.74, 6) is 1.43. The Morgan fingerprint density at radius 2 is 0.886 bits per heavy atom. The van der Waals surface area contributed by atoms with Gasteiger partial charge in [0.15, 0.2) is 0 Å². The summed E-state index contributed by atoms with van der Waals surface area (Å²) in [4.78, 5) is 33.6. The van der Waals surface area contributed by atoms with Crippen molar-refractivity contribution in [2.45, 2.75) is 90.6 Å². The Morgan fingerprint density at radius 1 is 0.494 bits per heavy atom. The van der Waals surface area contributed by atoms with Gasteiger partial charge in [-0.05, 0) is 175 Å². The van der Waals surface area contributed by atoms with E-state index in [-0.39, 0.29) is 11.8 Å². The highest BCUT2D eigenvalue weighted by atomic mass is 16.2. The van der Waals surface area contributed by atoms with Gasteiger partial charge in [0.2, 0.25) is 0 Å². The van der Waals surface area contributed by atoms with Gasteiger partial charge in [-0.2, -0.15) is 0 Å². The molecule has 0 spiro atoms. The minimum Gasteiger partial charge on any atom is -0.348 e. The summed E-state index contributed by atoms with van der Waals surface area (Å²) in [6.07, 6.45) is 7.18. The lowest BCUT2D eigenvalue weighted by atomic mass is 9.89. The Bertz CT molecular complexity index is 2950. The number of likely N-dealkylation sites (tertiary alicyclic amines) is 2. The minimum atomic E-state index is -0.00376. The lowest BCUT2D eigenvalue weighted by molar-refractivity contribution is -0.896. The molecule has 4 aliphatic heterocycles. The Balaban J connectivity index is 0.000000192. The van der Waals surface area contributed by atoms with Gasteiger partial charge in [-0.15, -0.1) is 0 Å². The summed E-state index contributed by atoms with van der Waals surface area (Å²) in [5, 5.41) is 9.83. The van der Waals surface area contributed by atoms with E-state index >= 15 is 0 Å². The number of hydrogen-bond acceptors (Lipinski definition) is 6. The monoisotopic (exact) mass is 1060 g/mol. The average molecular weight is 1070 g/mol. The van der Waals surface area contributed by atoms with Crippen LogP contribution in [0.5, 0.6) is 0 Å². The Labute approximate surface area is 474 Å². The first-order valence-corrected chi connectivity index (χ1v) is 29.7. The molecule has 4 heterocycles. The number of amides is 2. The Morgan fingerprint density at radius 3 is 1.32 bits per heavy atom. The number of hydrogen-bond donors (Lipinski definition) is 3. The number of quaternary nitrogens is 2. The predicted molar refractivity (Wildman–Crippen MR) is 326 cm³/mol. The largest absolute Gasteiger partial charge is 0.348 e. The van der Waals surface area contributed by atoms with E-state index in [1.807, 2.05) is 24.3 Å². The van der Waals surface area contributed by atoms with Crippen LogP contribution in [-0.4, -0.2) is 148 Å². The first-order chi connectivity index (χ1) is 38.1. The van der Waals surface area contributed by atoms with Crippen LogP contribution >= 0.6 is 0 Å². The number of piperidine rings is 2. The van der Waals surface area contributed by atoms with Crippen LogP contribution in [0.4, 0.5) is 0 Å². The Kier molecular flexibility index (Phi) is 19.7. The molecular weight excluding hydrogens is 973 g/mol. The van der Waals surface area contributed by atoms with Crippen molar-refractivity contribution >= 4 is 11.8 Å². The van der Waals surface area contributed by atoms with E-state index in [2.05, 4.69) is 201 Å². The second-order valence-electron chi connectivity index (χ2n) is 25.3. The zero-order valence-corrected chi connectivity index (χ0v) is 48.9. The number of carbonyl (C=O) groups excluding carboxylic acids is 2. The van der Waals surface area contributed by atoms with Crippen molar-refractivity contribution < 1.29 is 18.6 Å². The molecule has 4 fully saturated rings. The molecule has 6 aromatic rings. The molecule has 3 N–H and O–H groups in total. The summed E-state index contributed by atoms with van der Waals surface area (Å²) in [7, 11) is 11.5. The van der Waals surface area contributed by atoms with E-state index in [0.29, 0.717) is 25.2 Å². The van der Waals surface area contributed by atoms with Crippen LogP contribution in [0.25, 0.3) is 22.3 Å². The highest BCUT2D eigenvalue weighted by Crippen LogP contribution is 2.28. The van der Waals surface area contributed by atoms with Gasteiger partial charge in [0, 0.05) is 88.7 Å². The van der Waals surface area contributed by atoms with E-state index in [4.69, 9.17) is 0 Å². The van der Waals surface area contributed by atoms with Gasteiger partial charge in [0.25, 0.3) is 11.8 Å². The third kappa shape index (κ3) is 17.3. The SMILES string of the molecule is C[C@H]1CN(Cc2cccc(-c3cccc(CNC(=O)c4cccc(CC5CC[N+](C)(C)CC5)c4)c3)c2)CCN1.C[C@H]1CN(Cc2cccc(-c3cccc(CNC(=O)c4cccc(CC5CC[N+](C)(C)CC5)c4)c3)c2)CCN1C. The Hall–Kier alpha value is -5.98. The molecule has 0 aliphatic carbocycles. The smallest absolute Gasteiger partial charge is 0.251 e. The molecule has 2 atom stereocenters. The van der Waals surface area contributed by atoms with Gasteiger partial charge in [0.05, 0.1) is 54.4 Å². The molecule has 79 heavy (non-hydrogen) atoms. The quantitative estimate of drug-likeness (QED) is 0.0839. The topological polar surface area (TPSA) is 80.0 Å². The molecule has 0 bridgehead atoms. The van der Waals surface area contributed by atoms with E-state index in [0.717, 1.165) is 108 Å². The summed E-state index contributed by atoms with van der Waals surface area (Å²) in [6.45, 7) is 19.1. The first kappa shape index (κ1) is 57.7. The zero-order valence-electron chi connectivity index (χ0n) is 48.9. The normalized spacial score (nSPS) is 20.2. The van der Waals surface area contributed by atoms with Crippen LogP contribution < -0.4 is 16.0 Å². The summed E-state index contributed by atoms with van der Waals surface area (Å²) >= 11 is 0. The predicted octanol–water partition coefficient (Wildman–Crippen LogP) is 10.6. The summed E-state index contributed by atoms with van der Waals surface area (Å²) in [6, 6.07) is 52.5. The van der Waals surface area contributed by atoms with Crippen molar-refractivity contribution in [3.8, 4) is 22.3 Å². The highest BCUT2D eigenvalue weighted by Gasteiger charge is 2.28. The van der Waals surface area contributed by atoms with E-state index < -0.39 is 0 Å². The molecule has 2 amide bonds. The second kappa shape index (κ2) is 27.0. The number of nitrogens with zero attached hydrogens (tertiary/aromatic N) is 5. The zero-order chi connectivity index (χ0) is 55.4. The van der Waals surface area contributed by atoms with E-state index in [9.17, 15) is 9.59 Å². The fraction of sp³-hybridized carbons (Fsp3) is 0.449. The van der Waals surface area contributed by atoms with Crippen LogP contribution in [0, 0.1) is 11.8 Å². The maximum Gasteiger partial charge on any atom is 0.251 e. The molecule has 0 saturated carbocycles. The molecular formula is C69H92N8O2+2. The van der Waals surface area contributed by atoms with Gasteiger partial charge in [-0.3, -0.25) is 19.4 Å². The van der Waals surface area contributed by atoms with Crippen molar-refractivity contribution in [2.24, 2.45) is 11.8 Å². The van der Waals surface area contributed by atoms with Gasteiger partial charge in [0.1, 0.15) is 0 Å². The first-order valence-electron chi connectivity index (χ1n) is 29.7. The minimum absolute atomic E-state index is 0.00269. The van der Waals surface area contributed by atoms with Crippen LogP contribution in [0.1, 0.15) is 93.6 Å². The van der Waals surface area contributed by atoms with Crippen LogP contribution in [-0.2, 0) is 39.0 Å². The second-order valence-corrected chi connectivity index (χ2v) is 25.3. The van der Waals surface area contributed by atoms with Gasteiger partial charge >= 0.3 is 0 Å². The van der Waals surface area contributed by atoms with Crippen molar-refractivity contribution in [3.05, 3.63) is 190 Å². The van der Waals surface area contributed by atoms with Crippen molar-refractivity contribution in [2.75, 3.05) is 101 Å². The molecule has 10 heteroatoms. The number of carbonyl (C=O) groups is 2. The number of nitrogens with one attached hydrogen (secondary N) is 3. The number of likely N-dealkylation sites (N-methyl/N-ethyl adjacent to an activating group) is 1. The van der Waals surface area contributed by atoms with Crippen molar-refractivity contribution in [1.29, 1.82) is 0 Å². The fourth-order valence-corrected chi connectivity index (χ4v) is 12.3. The molecule has 10 nitrogen and oxygen atoms in total. The van der Waals surface area contributed by atoms with Crippen molar-refractivity contribution in [1.82, 2.24) is 30.7 Å². The molecule has 0 aromatic heterocycles. The van der Waals surface area contributed by atoms with Crippen molar-refractivity contribution in [3.63, 3.8) is 0 Å². The fourth-order valence-electron chi connectivity index (χ4n) is 12.3. The van der Waals surface area contributed by atoms with E-state index in [1.165, 1.54) is 96.4 Å². The molecule has 418 valence electrons. The molecule has 4 aliphatic rings. The van der Waals surface area contributed by atoms with Gasteiger partial charge in [-0.25, -0.2) is 0 Å². The number of piperazine rings is 2. The standard InChI is InChI=1S/C35H46N4O.C34H44N4O/c1-27-25-38(17-16-37(27)2)26-31-10-7-12-33(23-31)32-11-6-9-30(22-32)24-36-35(40)34-13-5-8-29(21-34)20-28-14-18-39(3,4)19-15-28;1-26-24-37(16-15-35-26)25-30-9-6-11-32(22-30)31-10-5-8-29(21-31)23-36-34(39)33-12-4-7-28(20-33)19-27-13-17-38(2,3)18-14-27/h5-13,21-23,27-28H,14-20,24-26H2,1-4H3;4-12,20-22,26-27,35H,13-19,23-25H2,1-3H3/p+2/t27-;26-/m00/s1. The van der Waals surface area contributed by atoms with Crippen LogP contribution in [0.15, 0.2) is 146 Å². The molecule has 0 unspecified atom stereocenters. The summed E-state index contributed by atoms with van der Waals surface area (Å²) < 4.78 is 2.25. The van der Waals surface area contributed by atoms with Gasteiger partial charge in [-0.1, -0.05) is 97.1 Å². The number of benzene rings is 6. The molecule has 0 radical (unpaired) electrons.